The summed E-state index contributed by atoms with van der Waals surface area (Å²) >= 11 is 0. The largest absolute Gasteiger partial charge is 0.401 e. The third-order valence-corrected chi connectivity index (χ3v) is 2.59. The fourth-order valence-electron chi connectivity index (χ4n) is 1.72. The van der Waals surface area contributed by atoms with Crippen molar-refractivity contribution in [3.8, 4) is 0 Å². The number of nitrogens with zero attached hydrogens (tertiary/aromatic N) is 1. The number of allylic oxidation sites excluding steroid dienone is 1. The number of nitrogens with two attached hydrogens (primary N) is 1. The van der Waals surface area contributed by atoms with Crippen molar-refractivity contribution in [3.63, 3.8) is 0 Å². The molecule has 0 saturated carbocycles. The van der Waals surface area contributed by atoms with Crippen LogP contribution in [0.4, 0.5) is 0 Å². The molecule has 0 unspecified atom stereocenters. The van der Waals surface area contributed by atoms with Gasteiger partial charge >= 0.3 is 0 Å². The van der Waals surface area contributed by atoms with E-state index in [1.165, 1.54) is 11.1 Å². The van der Waals surface area contributed by atoms with Crippen molar-refractivity contribution in [2.24, 2.45) is 10.7 Å². The lowest BCUT2D eigenvalue weighted by molar-refractivity contribution is 1.13. The number of hydrogen-bond donors (Lipinski definition) is 1. The van der Waals surface area contributed by atoms with E-state index in [1.54, 1.807) is 6.21 Å². The molecule has 2 N–H and O–H groups in total. The third-order valence-electron chi connectivity index (χ3n) is 2.59. The van der Waals surface area contributed by atoms with Gasteiger partial charge in [-0.1, -0.05) is 25.1 Å². The standard InChI is InChI=1S/C14H20N2/c1-5-12-7-8-13(10(3)9-12)14(11(4)15)16-6-2/h6-9H,5,15H2,1-4H3/b14-11+,16-6-. The number of aliphatic imine (C=N–C) groups is 1. The van der Waals surface area contributed by atoms with Gasteiger partial charge in [0, 0.05) is 17.5 Å². The molecular weight excluding hydrogens is 196 g/mol. The molecule has 0 spiro atoms. The highest BCUT2D eigenvalue weighted by molar-refractivity contribution is 5.75. The third kappa shape index (κ3) is 2.72. The summed E-state index contributed by atoms with van der Waals surface area (Å²) in [4.78, 5) is 4.34. The van der Waals surface area contributed by atoms with Crippen LogP contribution in [0, 0.1) is 6.92 Å². The van der Waals surface area contributed by atoms with Gasteiger partial charge in [0.05, 0.1) is 5.70 Å². The van der Waals surface area contributed by atoms with Gasteiger partial charge < -0.3 is 5.73 Å². The van der Waals surface area contributed by atoms with E-state index in [2.05, 4.69) is 37.0 Å². The fourth-order valence-corrected chi connectivity index (χ4v) is 1.72. The van der Waals surface area contributed by atoms with Crippen LogP contribution in [0.1, 0.15) is 37.5 Å². The molecule has 0 radical (unpaired) electrons. The van der Waals surface area contributed by atoms with Crippen molar-refractivity contribution in [1.82, 2.24) is 0 Å². The Labute approximate surface area is 97.9 Å². The molecule has 0 aromatic heterocycles. The highest BCUT2D eigenvalue weighted by Gasteiger charge is 2.06. The monoisotopic (exact) mass is 216 g/mol. The minimum Gasteiger partial charge on any atom is -0.401 e. The normalized spacial score (nSPS) is 13.0. The quantitative estimate of drug-likeness (QED) is 0.773. The fraction of sp³-hybridized carbons (Fsp3) is 0.357. The van der Waals surface area contributed by atoms with Gasteiger partial charge in [0.2, 0.25) is 0 Å². The Kier molecular flexibility index (Phi) is 4.29. The van der Waals surface area contributed by atoms with Crippen molar-refractivity contribution < 1.29 is 0 Å². The number of rotatable bonds is 3. The van der Waals surface area contributed by atoms with E-state index >= 15 is 0 Å². The van der Waals surface area contributed by atoms with Gasteiger partial charge in [0.25, 0.3) is 0 Å². The Hall–Kier alpha value is -1.57. The molecule has 0 atom stereocenters. The molecule has 1 rings (SSSR count). The summed E-state index contributed by atoms with van der Waals surface area (Å²) in [5, 5.41) is 0. The summed E-state index contributed by atoms with van der Waals surface area (Å²) < 4.78 is 0. The first-order valence-electron chi connectivity index (χ1n) is 5.65. The number of hydrogen-bond acceptors (Lipinski definition) is 2. The highest BCUT2D eigenvalue weighted by atomic mass is 14.8. The molecule has 0 aliphatic heterocycles. The van der Waals surface area contributed by atoms with Crippen LogP contribution in [0.25, 0.3) is 5.70 Å². The highest BCUT2D eigenvalue weighted by Crippen LogP contribution is 2.22. The van der Waals surface area contributed by atoms with Crippen molar-refractivity contribution in [3.05, 3.63) is 40.6 Å². The average molecular weight is 216 g/mol. The molecule has 0 amide bonds. The molecule has 0 saturated heterocycles. The molecule has 1 aromatic carbocycles. The van der Waals surface area contributed by atoms with Crippen LogP contribution >= 0.6 is 0 Å². The first-order valence-corrected chi connectivity index (χ1v) is 5.65. The van der Waals surface area contributed by atoms with Gasteiger partial charge in [-0.3, -0.25) is 4.99 Å². The smallest absolute Gasteiger partial charge is 0.0884 e. The Morgan fingerprint density at radius 2 is 2.12 bits per heavy atom. The van der Waals surface area contributed by atoms with Gasteiger partial charge in [0.1, 0.15) is 0 Å². The molecule has 0 fully saturated rings. The SMILES string of the molecule is C/C=N\C(=C(/C)N)c1ccc(CC)cc1C. The molecular formula is C14H20N2. The van der Waals surface area contributed by atoms with Crippen LogP contribution in [0.2, 0.25) is 0 Å². The van der Waals surface area contributed by atoms with Crippen LogP contribution in [-0.4, -0.2) is 6.21 Å². The maximum Gasteiger partial charge on any atom is 0.0884 e. The molecule has 16 heavy (non-hydrogen) atoms. The van der Waals surface area contributed by atoms with Crippen LogP contribution in [0.3, 0.4) is 0 Å². The summed E-state index contributed by atoms with van der Waals surface area (Å²) in [5.41, 5.74) is 11.2. The summed E-state index contributed by atoms with van der Waals surface area (Å²) in [6, 6.07) is 6.44. The van der Waals surface area contributed by atoms with E-state index < -0.39 is 0 Å². The lowest BCUT2D eigenvalue weighted by atomic mass is 10.0. The molecule has 1 aromatic rings. The number of benzene rings is 1. The van der Waals surface area contributed by atoms with Gasteiger partial charge in [-0.2, -0.15) is 0 Å². The zero-order chi connectivity index (χ0) is 12.1. The van der Waals surface area contributed by atoms with Crippen molar-refractivity contribution in [1.29, 1.82) is 0 Å². The second-order valence-corrected chi connectivity index (χ2v) is 3.92. The predicted octanol–water partition coefficient (Wildman–Crippen LogP) is 3.30. The summed E-state index contributed by atoms with van der Waals surface area (Å²) in [6.07, 6.45) is 2.83. The van der Waals surface area contributed by atoms with E-state index in [0.29, 0.717) is 0 Å². The minimum atomic E-state index is 0.755. The van der Waals surface area contributed by atoms with Crippen LogP contribution in [0.5, 0.6) is 0 Å². The van der Waals surface area contributed by atoms with Crippen LogP contribution in [-0.2, 0) is 6.42 Å². The maximum atomic E-state index is 5.86. The summed E-state index contributed by atoms with van der Waals surface area (Å²) in [5.74, 6) is 0. The van der Waals surface area contributed by atoms with E-state index in [9.17, 15) is 0 Å². The Balaban J connectivity index is 3.27. The van der Waals surface area contributed by atoms with Gasteiger partial charge in [-0.05, 0) is 38.3 Å². The van der Waals surface area contributed by atoms with Gasteiger partial charge in [0.15, 0.2) is 0 Å². The van der Waals surface area contributed by atoms with Crippen molar-refractivity contribution in [2.75, 3.05) is 0 Å². The lowest BCUT2D eigenvalue weighted by Gasteiger charge is -2.09. The van der Waals surface area contributed by atoms with Crippen molar-refractivity contribution in [2.45, 2.75) is 34.1 Å². The molecule has 0 heterocycles. The first-order chi connectivity index (χ1) is 7.60. The second kappa shape index (κ2) is 5.50. The molecule has 0 aliphatic rings. The zero-order valence-corrected chi connectivity index (χ0v) is 10.5. The maximum absolute atomic E-state index is 5.86. The molecule has 0 bridgehead atoms. The predicted molar refractivity (Wildman–Crippen MR) is 71.5 cm³/mol. The summed E-state index contributed by atoms with van der Waals surface area (Å²) in [7, 11) is 0. The first kappa shape index (κ1) is 12.5. The van der Waals surface area contributed by atoms with Crippen molar-refractivity contribution >= 4 is 11.9 Å². The van der Waals surface area contributed by atoms with E-state index in [1.807, 2.05) is 13.8 Å². The van der Waals surface area contributed by atoms with Crippen LogP contribution < -0.4 is 5.73 Å². The summed E-state index contributed by atoms with van der Waals surface area (Å²) in [6.45, 7) is 8.04. The van der Waals surface area contributed by atoms with Crippen LogP contribution in [0.15, 0.2) is 28.9 Å². The van der Waals surface area contributed by atoms with E-state index in [4.69, 9.17) is 5.73 Å². The second-order valence-electron chi connectivity index (χ2n) is 3.92. The Morgan fingerprint density at radius 3 is 2.56 bits per heavy atom. The van der Waals surface area contributed by atoms with Gasteiger partial charge in [-0.25, -0.2) is 0 Å². The Bertz CT molecular complexity index is 424. The Morgan fingerprint density at radius 1 is 1.44 bits per heavy atom. The molecule has 0 aliphatic carbocycles. The molecule has 2 nitrogen and oxygen atoms in total. The lowest BCUT2D eigenvalue weighted by Crippen LogP contribution is -1.99. The number of aryl methyl sites for hydroxylation is 2. The van der Waals surface area contributed by atoms with Gasteiger partial charge in [-0.15, -0.1) is 0 Å². The van der Waals surface area contributed by atoms with E-state index in [0.717, 1.165) is 23.4 Å². The molecule has 2 heteroatoms. The molecule has 86 valence electrons. The average Bonchev–Trinajstić information content (AvgIpc) is 2.26. The zero-order valence-electron chi connectivity index (χ0n) is 10.5. The van der Waals surface area contributed by atoms with E-state index in [-0.39, 0.29) is 0 Å². The topological polar surface area (TPSA) is 38.4 Å². The minimum absolute atomic E-state index is 0.755.